The number of nitriles is 1. The molecule has 5 rings (SSSR count). The number of aryl methyl sites for hydroxylation is 2. The molecule has 1 aliphatic rings. The molecule has 4 aromatic heterocycles. The van der Waals surface area contributed by atoms with Gasteiger partial charge in [0.2, 0.25) is 5.88 Å². The zero-order valence-corrected chi connectivity index (χ0v) is 20.2. The number of hydrogen-bond donors (Lipinski definition) is 3. The first kappa shape index (κ1) is 24.1. The van der Waals surface area contributed by atoms with E-state index in [2.05, 4.69) is 25.3 Å². The lowest BCUT2D eigenvalue weighted by Gasteiger charge is -2.33. The molecule has 0 saturated carbocycles. The van der Waals surface area contributed by atoms with Gasteiger partial charge in [-0.2, -0.15) is 10.2 Å². The molecule has 1 aliphatic heterocycles. The average Bonchev–Trinajstić information content (AvgIpc) is 3.27. The van der Waals surface area contributed by atoms with Crippen LogP contribution in [-0.2, 0) is 7.05 Å². The summed E-state index contributed by atoms with van der Waals surface area (Å²) in [5.74, 6) is 0.982. The molecule has 0 radical (unpaired) electrons. The molecule has 12 nitrogen and oxygen atoms in total. The summed E-state index contributed by atoms with van der Waals surface area (Å²) in [7, 11) is 1.82. The van der Waals surface area contributed by atoms with Crippen molar-refractivity contribution >= 4 is 28.6 Å². The van der Waals surface area contributed by atoms with Crippen LogP contribution in [0.2, 0.25) is 0 Å². The number of fused-ring (bicyclic) bond motifs is 1. The van der Waals surface area contributed by atoms with Crippen molar-refractivity contribution in [1.82, 2.24) is 29.4 Å². The normalized spacial score (nSPS) is 17.4. The van der Waals surface area contributed by atoms with E-state index in [0.29, 0.717) is 58.5 Å². The van der Waals surface area contributed by atoms with Gasteiger partial charge < -0.3 is 29.7 Å². The lowest BCUT2D eigenvalue weighted by atomic mass is 10.0. The van der Waals surface area contributed by atoms with Crippen molar-refractivity contribution in [2.75, 3.05) is 18.4 Å². The van der Waals surface area contributed by atoms with Gasteiger partial charge >= 0.3 is 0 Å². The number of aliphatic hydroxyl groups is 2. The Bertz CT molecular complexity index is 1510. The fraction of sp³-hybridized carbons (Fsp3) is 0.280. The van der Waals surface area contributed by atoms with Crippen LogP contribution in [0.4, 0.5) is 11.5 Å². The van der Waals surface area contributed by atoms with Crippen LogP contribution in [0.25, 0.3) is 11.2 Å². The standard InChI is InChI=1S/C25H24N8O4/c1-14-7-16(9-26)27-11-20(14)37-22-8-17(23-24(31-22)32(2)13-29-23)30-21-4-3-15(10-28-21)25(36)33-6-5-18(34)19(35)12-33/h3-4,7-8,10-11,13,18-19,34-35H,5-6,12H2,1-2H3,(H,28,30,31)/t18-,19-/m1/s1. The Labute approximate surface area is 211 Å². The number of aliphatic hydroxyl groups excluding tert-OH is 2. The number of likely N-dealkylation sites (tertiary alicyclic amines) is 1. The Balaban J connectivity index is 1.38. The number of ether oxygens (including phenoxy) is 1. The highest BCUT2D eigenvalue weighted by atomic mass is 16.5. The minimum atomic E-state index is -0.959. The molecular weight excluding hydrogens is 476 g/mol. The van der Waals surface area contributed by atoms with Gasteiger partial charge in [0.15, 0.2) is 11.4 Å². The zero-order valence-electron chi connectivity index (χ0n) is 20.2. The van der Waals surface area contributed by atoms with Crippen molar-refractivity contribution in [3.05, 3.63) is 59.8 Å². The fourth-order valence-corrected chi connectivity index (χ4v) is 4.06. The predicted octanol–water partition coefficient (Wildman–Crippen LogP) is 2.04. The van der Waals surface area contributed by atoms with Crippen LogP contribution < -0.4 is 10.1 Å². The molecule has 2 atom stereocenters. The monoisotopic (exact) mass is 500 g/mol. The molecule has 0 bridgehead atoms. The molecule has 0 unspecified atom stereocenters. The molecule has 0 spiro atoms. The quantitative estimate of drug-likeness (QED) is 0.370. The third-order valence-corrected chi connectivity index (χ3v) is 6.14. The number of β-amino-alcohol motifs (C(OH)–C–C–N with tert-alkyl or cyclic N) is 1. The Morgan fingerprint density at radius 2 is 2.03 bits per heavy atom. The van der Waals surface area contributed by atoms with E-state index in [9.17, 15) is 15.0 Å². The van der Waals surface area contributed by atoms with Crippen molar-refractivity contribution in [3.8, 4) is 17.7 Å². The number of carbonyl (C=O) groups excluding carboxylic acids is 1. The Morgan fingerprint density at radius 3 is 2.73 bits per heavy atom. The molecule has 5 heterocycles. The number of aromatic nitrogens is 5. The van der Waals surface area contributed by atoms with Crippen molar-refractivity contribution < 1.29 is 19.7 Å². The van der Waals surface area contributed by atoms with Gasteiger partial charge in [-0.25, -0.2) is 15.0 Å². The second-order valence-electron chi connectivity index (χ2n) is 8.82. The number of nitrogens with one attached hydrogen (secondary N) is 1. The van der Waals surface area contributed by atoms with Crippen molar-refractivity contribution in [2.24, 2.45) is 7.05 Å². The van der Waals surface area contributed by atoms with Crippen molar-refractivity contribution in [1.29, 1.82) is 5.26 Å². The minimum Gasteiger partial charge on any atom is -0.437 e. The van der Waals surface area contributed by atoms with Gasteiger partial charge in [0.05, 0.1) is 36.0 Å². The number of imidazole rings is 1. The van der Waals surface area contributed by atoms with Gasteiger partial charge in [0.1, 0.15) is 23.1 Å². The average molecular weight is 501 g/mol. The van der Waals surface area contributed by atoms with E-state index in [4.69, 9.17) is 10.00 Å². The SMILES string of the molecule is Cc1cc(C#N)ncc1Oc1cc(Nc2ccc(C(=O)N3CC[C@@H](O)[C@H](O)C3)cn2)c2ncn(C)c2n1. The van der Waals surface area contributed by atoms with Crippen molar-refractivity contribution in [2.45, 2.75) is 25.6 Å². The third-order valence-electron chi connectivity index (χ3n) is 6.14. The maximum absolute atomic E-state index is 12.8. The highest BCUT2D eigenvalue weighted by Crippen LogP contribution is 2.31. The van der Waals surface area contributed by atoms with E-state index in [1.165, 1.54) is 17.3 Å². The first-order valence-electron chi connectivity index (χ1n) is 11.6. The van der Waals surface area contributed by atoms with Gasteiger partial charge in [-0.05, 0) is 37.1 Å². The van der Waals surface area contributed by atoms with Crippen LogP contribution in [-0.4, -0.2) is 70.8 Å². The molecule has 37 heavy (non-hydrogen) atoms. The highest BCUT2D eigenvalue weighted by molar-refractivity contribution is 5.94. The summed E-state index contributed by atoms with van der Waals surface area (Å²) >= 11 is 0. The van der Waals surface area contributed by atoms with Crippen LogP contribution in [0.1, 0.15) is 28.0 Å². The van der Waals surface area contributed by atoms with E-state index in [-0.39, 0.29) is 12.5 Å². The number of anilines is 2. The number of hydrogen-bond acceptors (Lipinski definition) is 10. The first-order chi connectivity index (χ1) is 17.8. The number of nitrogens with zero attached hydrogens (tertiary/aromatic N) is 7. The smallest absolute Gasteiger partial charge is 0.255 e. The third kappa shape index (κ3) is 4.90. The molecule has 12 heteroatoms. The molecule has 0 aromatic carbocycles. The molecule has 1 fully saturated rings. The van der Waals surface area contributed by atoms with Crippen LogP contribution in [0, 0.1) is 18.3 Å². The molecule has 188 valence electrons. The van der Waals surface area contributed by atoms with Crippen LogP contribution >= 0.6 is 0 Å². The summed E-state index contributed by atoms with van der Waals surface area (Å²) in [5, 5.41) is 31.8. The molecule has 1 saturated heterocycles. The Morgan fingerprint density at radius 1 is 1.19 bits per heavy atom. The van der Waals surface area contributed by atoms with Crippen molar-refractivity contribution in [3.63, 3.8) is 0 Å². The topological polar surface area (TPSA) is 162 Å². The van der Waals surface area contributed by atoms with Gasteiger partial charge in [0, 0.05) is 32.4 Å². The van der Waals surface area contributed by atoms with E-state index in [0.717, 1.165) is 5.56 Å². The molecule has 0 aliphatic carbocycles. The van der Waals surface area contributed by atoms with E-state index in [1.807, 2.05) is 20.0 Å². The lowest BCUT2D eigenvalue weighted by molar-refractivity contribution is -0.0321. The summed E-state index contributed by atoms with van der Waals surface area (Å²) in [5.41, 5.74) is 3.19. The van der Waals surface area contributed by atoms with Gasteiger partial charge in [0.25, 0.3) is 5.91 Å². The predicted molar refractivity (Wildman–Crippen MR) is 132 cm³/mol. The van der Waals surface area contributed by atoms with E-state index < -0.39 is 12.2 Å². The largest absolute Gasteiger partial charge is 0.437 e. The second-order valence-corrected chi connectivity index (χ2v) is 8.82. The second kappa shape index (κ2) is 9.81. The van der Waals surface area contributed by atoms with Crippen LogP contribution in [0.5, 0.6) is 11.6 Å². The molecule has 1 amide bonds. The summed E-state index contributed by atoms with van der Waals surface area (Å²) < 4.78 is 7.74. The number of pyridine rings is 3. The zero-order chi connectivity index (χ0) is 26.1. The summed E-state index contributed by atoms with van der Waals surface area (Å²) in [4.78, 5) is 31.7. The van der Waals surface area contributed by atoms with E-state index >= 15 is 0 Å². The molecule has 4 aromatic rings. The summed E-state index contributed by atoms with van der Waals surface area (Å²) in [6, 6.07) is 8.65. The number of piperidine rings is 1. The molecular formula is C25H24N8O4. The highest BCUT2D eigenvalue weighted by Gasteiger charge is 2.29. The fourth-order valence-electron chi connectivity index (χ4n) is 4.06. The van der Waals surface area contributed by atoms with Gasteiger partial charge in [-0.1, -0.05) is 0 Å². The summed E-state index contributed by atoms with van der Waals surface area (Å²) in [6.45, 7) is 2.26. The number of amides is 1. The first-order valence-corrected chi connectivity index (χ1v) is 11.6. The van der Waals surface area contributed by atoms with Crippen LogP contribution in [0.15, 0.2) is 43.0 Å². The maximum Gasteiger partial charge on any atom is 0.255 e. The summed E-state index contributed by atoms with van der Waals surface area (Å²) in [6.07, 6.45) is 3.13. The molecule has 3 N–H and O–H groups in total. The Hall–Kier alpha value is -4.60. The maximum atomic E-state index is 12.8. The van der Waals surface area contributed by atoms with Gasteiger partial charge in [-0.15, -0.1) is 0 Å². The minimum absolute atomic E-state index is 0.0751. The number of carbonyl (C=O) groups is 1. The van der Waals surface area contributed by atoms with Gasteiger partial charge in [-0.3, -0.25) is 4.79 Å². The lowest BCUT2D eigenvalue weighted by Crippen LogP contribution is -2.48. The number of rotatable bonds is 5. The van der Waals surface area contributed by atoms with E-state index in [1.54, 1.807) is 35.2 Å². The van der Waals surface area contributed by atoms with Crippen LogP contribution in [0.3, 0.4) is 0 Å². The Kier molecular flexibility index (Phi) is 6.39.